The first kappa shape index (κ1) is 12.1. The third kappa shape index (κ3) is 3.33. The standard InChI is InChI=1S/C14H26N2/c1-3-8-16-9-6-13(7-10-16)15-14-5-4-12(2)11-14/h3,12-15H,1,4-11H2,2H3. The summed E-state index contributed by atoms with van der Waals surface area (Å²) < 4.78 is 0. The molecule has 0 aromatic heterocycles. The van der Waals surface area contributed by atoms with Crippen molar-refractivity contribution in [1.29, 1.82) is 0 Å². The van der Waals surface area contributed by atoms with E-state index in [4.69, 9.17) is 0 Å². The number of likely N-dealkylation sites (tertiary alicyclic amines) is 1. The van der Waals surface area contributed by atoms with Gasteiger partial charge in [0.2, 0.25) is 0 Å². The van der Waals surface area contributed by atoms with Gasteiger partial charge in [0.05, 0.1) is 0 Å². The summed E-state index contributed by atoms with van der Waals surface area (Å²) in [6, 6.07) is 1.59. The molecular weight excluding hydrogens is 196 g/mol. The largest absolute Gasteiger partial charge is 0.311 e. The number of hydrogen-bond acceptors (Lipinski definition) is 2. The predicted molar refractivity (Wildman–Crippen MR) is 69.6 cm³/mol. The Bertz CT molecular complexity index is 219. The smallest absolute Gasteiger partial charge is 0.0160 e. The summed E-state index contributed by atoms with van der Waals surface area (Å²) in [6.45, 7) is 9.74. The van der Waals surface area contributed by atoms with Gasteiger partial charge in [0.1, 0.15) is 0 Å². The highest BCUT2D eigenvalue weighted by Gasteiger charge is 2.25. The van der Waals surface area contributed by atoms with Crippen LogP contribution in [0.4, 0.5) is 0 Å². The first-order valence-corrected chi connectivity index (χ1v) is 6.87. The fourth-order valence-electron chi connectivity index (χ4n) is 3.16. The maximum Gasteiger partial charge on any atom is 0.0160 e. The lowest BCUT2D eigenvalue weighted by Gasteiger charge is -2.33. The molecule has 2 fully saturated rings. The van der Waals surface area contributed by atoms with E-state index in [1.807, 2.05) is 6.08 Å². The van der Waals surface area contributed by atoms with Gasteiger partial charge in [0, 0.05) is 18.6 Å². The van der Waals surface area contributed by atoms with E-state index in [2.05, 4.69) is 23.7 Å². The zero-order chi connectivity index (χ0) is 11.4. The molecule has 1 saturated heterocycles. The van der Waals surface area contributed by atoms with Crippen LogP contribution in [0.1, 0.15) is 39.0 Å². The SMILES string of the molecule is C=CCN1CCC(NC2CCC(C)C2)CC1. The minimum atomic E-state index is 0.774. The third-order valence-corrected chi connectivity index (χ3v) is 4.14. The molecule has 2 nitrogen and oxygen atoms in total. The van der Waals surface area contributed by atoms with Crippen molar-refractivity contribution in [1.82, 2.24) is 10.2 Å². The highest BCUT2D eigenvalue weighted by molar-refractivity contribution is 4.86. The summed E-state index contributed by atoms with van der Waals surface area (Å²) in [5.41, 5.74) is 0. The Hall–Kier alpha value is -0.340. The van der Waals surface area contributed by atoms with Gasteiger partial charge >= 0.3 is 0 Å². The second-order valence-electron chi connectivity index (χ2n) is 5.65. The van der Waals surface area contributed by atoms with E-state index in [1.54, 1.807) is 0 Å². The van der Waals surface area contributed by atoms with Crippen molar-refractivity contribution in [2.24, 2.45) is 5.92 Å². The fraction of sp³-hybridized carbons (Fsp3) is 0.857. The average Bonchev–Trinajstić information content (AvgIpc) is 2.67. The van der Waals surface area contributed by atoms with E-state index < -0.39 is 0 Å². The Morgan fingerprint density at radius 1 is 1.19 bits per heavy atom. The van der Waals surface area contributed by atoms with Crippen LogP contribution in [0.25, 0.3) is 0 Å². The molecule has 1 saturated carbocycles. The minimum Gasteiger partial charge on any atom is -0.311 e. The molecule has 1 N–H and O–H groups in total. The van der Waals surface area contributed by atoms with Crippen molar-refractivity contribution in [3.63, 3.8) is 0 Å². The molecule has 2 heteroatoms. The van der Waals surface area contributed by atoms with Gasteiger partial charge in [0.15, 0.2) is 0 Å². The first-order valence-electron chi connectivity index (χ1n) is 6.87. The van der Waals surface area contributed by atoms with Crippen LogP contribution >= 0.6 is 0 Å². The van der Waals surface area contributed by atoms with Gasteiger partial charge in [-0.3, -0.25) is 4.90 Å². The topological polar surface area (TPSA) is 15.3 Å². The molecule has 0 spiro atoms. The van der Waals surface area contributed by atoms with Crippen LogP contribution in [0, 0.1) is 5.92 Å². The Morgan fingerprint density at radius 2 is 1.94 bits per heavy atom. The van der Waals surface area contributed by atoms with E-state index in [0.29, 0.717) is 0 Å². The number of nitrogens with one attached hydrogen (secondary N) is 1. The quantitative estimate of drug-likeness (QED) is 0.735. The van der Waals surface area contributed by atoms with Crippen LogP contribution in [-0.4, -0.2) is 36.6 Å². The van der Waals surface area contributed by atoms with E-state index in [-0.39, 0.29) is 0 Å². The van der Waals surface area contributed by atoms with Gasteiger partial charge in [-0.15, -0.1) is 6.58 Å². The first-order chi connectivity index (χ1) is 7.78. The molecule has 1 aliphatic heterocycles. The molecule has 0 amide bonds. The molecule has 1 heterocycles. The molecule has 1 aliphatic carbocycles. The molecule has 2 unspecified atom stereocenters. The Morgan fingerprint density at radius 3 is 2.50 bits per heavy atom. The van der Waals surface area contributed by atoms with Gasteiger partial charge in [-0.25, -0.2) is 0 Å². The Kier molecular flexibility index (Phi) is 4.42. The highest BCUT2D eigenvalue weighted by atomic mass is 15.1. The van der Waals surface area contributed by atoms with Crippen LogP contribution in [-0.2, 0) is 0 Å². The molecule has 0 radical (unpaired) electrons. The number of piperidine rings is 1. The van der Waals surface area contributed by atoms with E-state index in [1.165, 1.54) is 45.2 Å². The maximum absolute atomic E-state index is 3.86. The summed E-state index contributed by atoms with van der Waals surface area (Å²) in [4.78, 5) is 2.50. The lowest BCUT2D eigenvalue weighted by molar-refractivity contribution is 0.206. The Balaban J connectivity index is 1.67. The van der Waals surface area contributed by atoms with Crippen LogP contribution in [0.2, 0.25) is 0 Å². The van der Waals surface area contributed by atoms with Crippen LogP contribution in [0.15, 0.2) is 12.7 Å². The monoisotopic (exact) mass is 222 g/mol. The summed E-state index contributed by atoms with van der Waals surface area (Å²) in [7, 11) is 0. The Labute approximate surface area is 100 Å². The van der Waals surface area contributed by atoms with Gasteiger partial charge in [-0.2, -0.15) is 0 Å². The minimum absolute atomic E-state index is 0.774. The molecule has 0 aromatic carbocycles. The molecule has 0 bridgehead atoms. The lowest BCUT2D eigenvalue weighted by Crippen LogP contribution is -2.45. The molecule has 2 atom stereocenters. The van der Waals surface area contributed by atoms with Crippen molar-refractivity contribution in [2.75, 3.05) is 19.6 Å². The average molecular weight is 222 g/mol. The molecular formula is C14H26N2. The molecule has 2 aliphatic rings. The second kappa shape index (κ2) is 5.83. The van der Waals surface area contributed by atoms with Crippen molar-refractivity contribution >= 4 is 0 Å². The van der Waals surface area contributed by atoms with E-state index >= 15 is 0 Å². The highest BCUT2D eigenvalue weighted by Crippen LogP contribution is 2.25. The molecule has 0 aromatic rings. The maximum atomic E-state index is 3.86. The summed E-state index contributed by atoms with van der Waals surface area (Å²) in [5.74, 6) is 0.943. The van der Waals surface area contributed by atoms with Gasteiger partial charge in [0.25, 0.3) is 0 Å². The zero-order valence-electron chi connectivity index (χ0n) is 10.6. The van der Waals surface area contributed by atoms with Crippen molar-refractivity contribution in [2.45, 2.75) is 51.1 Å². The van der Waals surface area contributed by atoms with Crippen molar-refractivity contribution in [3.05, 3.63) is 12.7 Å². The zero-order valence-corrected chi connectivity index (χ0v) is 10.6. The number of nitrogens with zero attached hydrogens (tertiary/aromatic N) is 1. The summed E-state index contributed by atoms with van der Waals surface area (Å²) >= 11 is 0. The predicted octanol–water partition coefficient (Wildman–Crippen LogP) is 2.42. The van der Waals surface area contributed by atoms with E-state index in [9.17, 15) is 0 Å². The fourth-order valence-corrected chi connectivity index (χ4v) is 3.16. The number of rotatable bonds is 4. The lowest BCUT2D eigenvalue weighted by atomic mass is 10.0. The van der Waals surface area contributed by atoms with Crippen molar-refractivity contribution < 1.29 is 0 Å². The van der Waals surface area contributed by atoms with Crippen LogP contribution < -0.4 is 5.32 Å². The van der Waals surface area contributed by atoms with E-state index in [0.717, 1.165) is 24.5 Å². The normalized spacial score (nSPS) is 33.1. The third-order valence-electron chi connectivity index (χ3n) is 4.14. The van der Waals surface area contributed by atoms with Gasteiger partial charge in [-0.1, -0.05) is 13.0 Å². The molecule has 92 valence electrons. The van der Waals surface area contributed by atoms with Gasteiger partial charge < -0.3 is 5.32 Å². The second-order valence-corrected chi connectivity index (χ2v) is 5.65. The number of hydrogen-bond donors (Lipinski definition) is 1. The summed E-state index contributed by atoms with van der Waals surface area (Å²) in [5, 5.41) is 3.86. The van der Waals surface area contributed by atoms with Crippen LogP contribution in [0.5, 0.6) is 0 Å². The van der Waals surface area contributed by atoms with Crippen LogP contribution in [0.3, 0.4) is 0 Å². The van der Waals surface area contributed by atoms with Gasteiger partial charge in [-0.05, 0) is 51.1 Å². The molecule has 16 heavy (non-hydrogen) atoms. The molecule has 2 rings (SSSR count). The van der Waals surface area contributed by atoms with Crippen molar-refractivity contribution in [3.8, 4) is 0 Å². The summed E-state index contributed by atoms with van der Waals surface area (Å²) in [6.07, 6.45) is 8.87.